The lowest BCUT2D eigenvalue weighted by atomic mass is 9.87. The molecule has 5 atom stereocenters. The molecule has 2 heterocycles. The molecule has 0 spiro atoms. The monoisotopic (exact) mass is 586 g/mol. The first-order valence-electron chi connectivity index (χ1n) is 12.9. The highest BCUT2D eigenvalue weighted by Crippen LogP contribution is 2.32. The van der Waals surface area contributed by atoms with E-state index in [1.54, 1.807) is 6.92 Å². The Kier molecular flexibility index (Phi) is 15.3. The zero-order chi connectivity index (χ0) is 30.0. The second kappa shape index (κ2) is 18.7. The van der Waals surface area contributed by atoms with Crippen molar-refractivity contribution in [2.24, 2.45) is 22.4 Å². The van der Waals surface area contributed by atoms with Crippen molar-refractivity contribution in [3.8, 4) is 12.3 Å². The molecule has 2 aliphatic heterocycles. The summed E-state index contributed by atoms with van der Waals surface area (Å²) in [5.41, 5.74) is 11.0. The Labute approximate surface area is 237 Å². The van der Waals surface area contributed by atoms with Crippen LogP contribution in [0, 0.1) is 18.3 Å². The molecule has 0 aromatic carbocycles. The van der Waals surface area contributed by atoms with Gasteiger partial charge in [0.1, 0.15) is 32.0 Å². The van der Waals surface area contributed by atoms with Crippen LogP contribution in [0.25, 0.3) is 0 Å². The van der Waals surface area contributed by atoms with E-state index >= 15 is 0 Å². The summed E-state index contributed by atoms with van der Waals surface area (Å²) >= 11 is 0. The van der Waals surface area contributed by atoms with Crippen molar-refractivity contribution in [3.05, 3.63) is 11.8 Å². The molecular formula is C25H38N4O12. The summed E-state index contributed by atoms with van der Waals surface area (Å²) < 4.78 is 42.6. The second-order valence-corrected chi connectivity index (χ2v) is 8.76. The first-order chi connectivity index (χ1) is 19.7. The predicted molar refractivity (Wildman–Crippen MR) is 140 cm³/mol. The lowest BCUT2D eigenvalue weighted by molar-refractivity contribution is -0.154. The van der Waals surface area contributed by atoms with Crippen LogP contribution >= 0.6 is 0 Å². The van der Waals surface area contributed by atoms with Crippen molar-refractivity contribution < 1.29 is 57.4 Å². The number of terminal acetylenes is 1. The minimum Gasteiger partial charge on any atom is -0.480 e. The van der Waals surface area contributed by atoms with E-state index in [2.05, 4.69) is 16.2 Å². The summed E-state index contributed by atoms with van der Waals surface area (Å²) in [5.74, 6) is -0.663. The summed E-state index contributed by atoms with van der Waals surface area (Å²) in [5, 5.41) is 12.1. The van der Waals surface area contributed by atoms with E-state index in [4.69, 9.17) is 55.8 Å². The number of ether oxygens (including phenoxy) is 8. The Morgan fingerprint density at radius 2 is 1.76 bits per heavy atom. The Hall–Kier alpha value is -3.62. The fraction of sp³-hybridized carbons (Fsp3) is 0.680. The molecule has 0 aromatic heterocycles. The zero-order valence-electron chi connectivity index (χ0n) is 22.9. The van der Waals surface area contributed by atoms with Crippen LogP contribution in [0.5, 0.6) is 0 Å². The van der Waals surface area contributed by atoms with Crippen molar-refractivity contribution in [2.75, 3.05) is 72.6 Å². The molecule has 16 nitrogen and oxygen atoms in total. The van der Waals surface area contributed by atoms with Gasteiger partial charge in [-0.15, -0.1) is 6.42 Å². The molecule has 1 amide bonds. The third-order valence-electron chi connectivity index (χ3n) is 5.73. The summed E-state index contributed by atoms with van der Waals surface area (Å²) in [6, 6.07) is -0.768. The number of nitrogens with one attached hydrogen (secondary N) is 1. The van der Waals surface area contributed by atoms with Crippen LogP contribution in [0.4, 0.5) is 4.79 Å². The number of nitrogens with zero attached hydrogens (tertiary/aromatic N) is 1. The van der Waals surface area contributed by atoms with Gasteiger partial charge < -0.3 is 59.8 Å². The van der Waals surface area contributed by atoms with Crippen molar-refractivity contribution in [1.82, 2.24) is 5.32 Å². The maximum atomic E-state index is 12.4. The van der Waals surface area contributed by atoms with Gasteiger partial charge in [-0.05, 0) is 6.08 Å². The van der Waals surface area contributed by atoms with Gasteiger partial charge in [-0.2, -0.15) is 0 Å². The van der Waals surface area contributed by atoms with Crippen LogP contribution in [0.1, 0.15) is 6.92 Å². The lowest BCUT2D eigenvalue weighted by Crippen LogP contribution is -2.51. The largest absolute Gasteiger partial charge is 0.508 e. The third-order valence-corrected chi connectivity index (χ3v) is 5.73. The first kappa shape index (κ1) is 33.6. The molecule has 0 bridgehead atoms. The molecule has 0 unspecified atom stereocenters. The fourth-order valence-corrected chi connectivity index (χ4v) is 3.80. The van der Waals surface area contributed by atoms with Crippen molar-refractivity contribution in [2.45, 2.75) is 31.3 Å². The van der Waals surface area contributed by atoms with E-state index in [1.807, 2.05) is 0 Å². The van der Waals surface area contributed by atoms with E-state index in [0.717, 1.165) is 0 Å². The number of amides is 1. The predicted octanol–water partition coefficient (Wildman–Crippen LogP) is -1.63. The fourth-order valence-electron chi connectivity index (χ4n) is 3.80. The highest BCUT2D eigenvalue weighted by Gasteiger charge is 2.46. The number of hydrogen-bond donors (Lipinski definition) is 4. The average molecular weight is 587 g/mol. The van der Waals surface area contributed by atoms with Gasteiger partial charge in [-0.25, -0.2) is 14.6 Å². The molecule has 6 N–H and O–H groups in total. The first-order valence-corrected chi connectivity index (χ1v) is 12.9. The quantitative estimate of drug-likeness (QED) is 0.0413. The molecule has 2 aliphatic rings. The molecule has 1 fully saturated rings. The second-order valence-electron chi connectivity index (χ2n) is 8.76. The van der Waals surface area contributed by atoms with Crippen LogP contribution in [0.15, 0.2) is 16.8 Å². The molecule has 0 saturated carbocycles. The smallest absolute Gasteiger partial charge is 0.480 e. The molecule has 16 heteroatoms. The number of carboxylic acids is 1. The highest BCUT2D eigenvalue weighted by atomic mass is 16.8. The summed E-state index contributed by atoms with van der Waals surface area (Å²) in [6.45, 7) is 4.09. The van der Waals surface area contributed by atoms with Crippen LogP contribution in [0.3, 0.4) is 0 Å². The summed E-state index contributed by atoms with van der Waals surface area (Å²) in [6.07, 6.45) is 2.37. The van der Waals surface area contributed by atoms with E-state index in [9.17, 15) is 19.5 Å². The van der Waals surface area contributed by atoms with Crippen molar-refractivity contribution in [3.63, 3.8) is 0 Å². The number of aliphatic imine (C=N–C) groups is 1. The molecule has 230 valence electrons. The van der Waals surface area contributed by atoms with Gasteiger partial charge in [0.05, 0.1) is 52.3 Å². The zero-order valence-corrected chi connectivity index (χ0v) is 22.9. The lowest BCUT2D eigenvalue weighted by Gasteiger charge is -2.38. The number of cyclic esters (lactones) is 2. The van der Waals surface area contributed by atoms with Gasteiger partial charge in [0.15, 0.2) is 12.1 Å². The normalized spacial score (nSPS) is 22.3. The van der Waals surface area contributed by atoms with Crippen molar-refractivity contribution in [1.29, 1.82) is 0 Å². The number of carbonyl (C=O) groups is 3. The van der Waals surface area contributed by atoms with E-state index in [0.29, 0.717) is 39.6 Å². The van der Waals surface area contributed by atoms with E-state index < -0.39 is 60.7 Å². The van der Waals surface area contributed by atoms with E-state index in [1.165, 1.54) is 6.08 Å². The van der Waals surface area contributed by atoms with Gasteiger partial charge >= 0.3 is 12.1 Å². The number of aliphatic carboxylic acids is 1. The molecular weight excluding hydrogens is 548 g/mol. The van der Waals surface area contributed by atoms with Gasteiger partial charge in [0.2, 0.25) is 11.7 Å². The minimum atomic E-state index is -1.35. The average Bonchev–Trinajstić information content (AvgIpc) is 3.36. The number of nitrogens with two attached hydrogens (primary N) is 2. The maximum absolute atomic E-state index is 12.4. The molecule has 0 radical (unpaired) electrons. The standard InChI is InChI=1S/C25H38N4O12/c1-3-5-34-7-9-36-11-12-37-10-8-35-6-4-28-20(30)15-38-22(19-14-39-25(33)41-19)21-16(2)17(29-24(26)27)13-18(40-21)23(31)32/h1,13,16-17,19,21-22H,4-12,14-15H2,2H3,(H,28,30)(H,31,32)(H4,26,27,29)/t16-,17+,19-,21-,22-/m1/s1. The van der Waals surface area contributed by atoms with Gasteiger partial charge in [0.25, 0.3) is 0 Å². The molecule has 41 heavy (non-hydrogen) atoms. The topological polar surface area (TPSA) is 222 Å². The van der Waals surface area contributed by atoms with Gasteiger partial charge in [0, 0.05) is 12.5 Å². The van der Waals surface area contributed by atoms with Crippen LogP contribution < -0.4 is 16.8 Å². The highest BCUT2D eigenvalue weighted by molar-refractivity contribution is 5.85. The number of carbonyl (C=O) groups excluding carboxylic acids is 2. The Bertz CT molecular complexity index is 949. The van der Waals surface area contributed by atoms with Gasteiger partial charge in [-0.3, -0.25) is 4.79 Å². The van der Waals surface area contributed by atoms with E-state index in [-0.39, 0.29) is 32.3 Å². The summed E-state index contributed by atoms with van der Waals surface area (Å²) in [4.78, 5) is 39.7. The maximum Gasteiger partial charge on any atom is 0.508 e. The van der Waals surface area contributed by atoms with Gasteiger partial charge in [-0.1, -0.05) is 12.8 Å². The Balaban J connectivity index is 1.74. The number of hydrogen-bond acceptors (Lipinski definition) is 12. The third kappa shape index (κ3) is 12.6. The van der Waals surface area contributed by atoms with Crippen LogP contribution in [-0.4, -0.2) is 126 Å². The van der Waals surface area contributed by atoms with Crippen LogP contribution in [0.2, 0.25) is 0 Å². The number of carboxylic acid groups (broad SMARTS) is 1. The Morgan fingerprint density at radius 3 is 2.32 bits per heavy atom. The van der Waals surface area contributed by atoms with Crippen molar-refractivity contribution >= 4 is 24.0 Å². The minimum absolute atomic E-state index is 0.181. The molecule has 0 aromatic rings. The molecule has 2 rings (SSSR count). The molecule has 1 saturated heterocycles. The molecule has 0 aliphatic carbocycles. The Morgan fingerprint density at radius 1 is 1.12 bits per heavy atom. The van der Waals surface area contributed by atoms with Crippen LogP contribution in [-0.2, 0) is 47.5 Å². The SMILES string of the molecule is C#CCOCCOCCOCCOCCNC(=O)CO[C@@H]([C@@H]1OC(C(=O)O)=C[C@H](N=C(N)N)[C@H]1C)[C@H]1COC(=O)O1. The number of rotatable bonds is 20. The summed E-state index contributed by atoms with van der Waals surface area (Å²) in [7, 11) is 0. The number of guanidine groups is 1.